The molecule has 3 nitrogen and oxygen atoms in total. The van der Waals surface area contributed by atoms with Crippen molar-refractivity contribution in [2.45, 2.75) is 13.3 Å². The average Bonchev–Trinajstić information content (AvgIpc) is 2.44. The lowest BCUT2D eigenvalue weighted by Gasteiger charge is -2.10. The Kier molecular flexibility index (Phi) is 5.59. The predicted octanol–water partition coefficient (Wildman–Crippen LogP) is 4.73. The molecule has 0 aromatic heterocycles. The van der Waals surface area contributed by atoms with E-state index in [0.717, 1.165) is 17.7 Å². The zero-order valence-electron chi connectivity index (χ0n) is 11.7. The minimum atomic E-state index is 0.516. The fourth-order valence-electron chi connectivity index (χ4n) is 1.82. The van der Waals surface area contributed by atoms with Gasteiger partial charge in [0.15, 0.2) is 0 Å². The molecule has 0 saturated carbocycles. The number of hydrogen-bond donors (Lipinski definition) is 1. The predicted molar refractivity (Wildman–Crippen MR) is 87.7 cm³/mol. The minimum absolute atomic E-state index is 0.516. The van der Waals surface area contributed by atoms with Gasteiger partial charge in [-0.15, -0.1) is 0 Å². The van der Waals surface area contributed by atoms with Gasteiger partial charge in [0.2, 0.25) is 0 Å². The normalized spacial score (nSPS) is 10.4. The molecule has 2 rings (SSSR count). The third-order valence-corrected chi connectivity index (χ3v) is 3.50. The summed E-state index contributed by atoms with van der Waals surface area (Å²) in [5, 5.41) is 1.24. The van der Waals surface area contributed by atoms with Gasteiger partial charge in [-0.05, 0) is 42.8 Å². The number of benzene rings is 2. The van der Waals surface area contributed by atoms with Crippen LogP contribution in [0.15, 0.2) is 36.4 Å². The van der Waals surface area contributed by atoms with Gasteiger partial charge in [-0.25, -0.2) is 0 Å². The summed E-state index contributed by atoms with van der Waals surface area (Å²) in [7, 11) is 0. The van der Waals surface area contributed by atoms with Gasteiger partial charge in [0, 0.05) is 17.5 Å². The van der Waals surface area contributed by atoms with Crippen LogP contribution in [0.25, 0.3) is 0 Å². The number of anilines is 1. The lowest BCUT2D eigenvalue weighted by Crippen LogP contribution is -2.05. The molecular weight excluding hydrogens is 309 g/mol. The number of nitrogen functional groups attached to an aromatic ring is 1. The van der Waals surface area contributed by atoms with Crippen molar-refractivity contribution in [2.24, 2.45) is 0 Å². The van der Waals surface area contributed by atoms with Crippen LogP contribution in [0.1, 0.15) is 12.0 Å². The molecule has 0 unspecified atom stereocenters. The van der Waals surface area contributed by atoms with E-state index in [0.29, 0.717) is 34.7 Å². The summed E-state index contributed by atoms with van der Waals surface area (Å²) in [6.45, 7) is 3.09. The van der Waals surface area contributed by atoms with Crippen LogP contribution in [0, 0.1) is 6.92 Å². The zero-order chi connectivity index (χ0) is 15.2. The van der Waals surface area contributed by atoms with Gasteiger partial charge in [0.05, 0.1) is 23.9 Å². The highest BCUT2D eigenvalue weighted by Gasteiger charge is 2.01. The van der Waals surface area contributed by atoms with Gasteiger partial charge in [0.25, 0.3) is 0 Å². The van der Waals surface area contributed by atoms with E-state index in [9.17, 15) is 0 Å². The van der Waals surface area contributed by atoms with Gasteiger partial charge < -0.3 is 15.2 Å². The molecule has 0 spiro atoms. The molecule has 0 bridgehead atoms. The molecule has 2 N–H and O–H groups in total. The smallest absolute Gasteiger partial charge is 0.122 e. The standard InChI is InChI=1S/C16H17Cl2NO2/c1-11-9-12(17)3-6-16(11)21-8-2-7-20-13-4-5-14(18)15(19)10-13/h3-6,9-10H,2,7-8,19H2,1H3. The van der Waals surface area contributed by atoms with Crippen molar-refractivity contribution in [1.29, 1.82) is 0 Å². The Morgan fingerprint density at radius 1 is 1.00 bits per heavy atom. The van der Waals surface area contributed by atoms with Gasteiger partial charge >= 0.3 is 0 Å². The first kappa shape index (κ1) is 15.8. The number of ether oxygens (including phenoxy) is 2. The fourth-order valence-corrected chi connectivity index (χ4v) is 2.16. The maximum Gasteiger partial charge on any atom is 0.122 e. The van der Waals surface area contributed by atoms with E-state index in [-0.39, 0.29) is 0 Å². The molecule has 0 heterocycles. The lowest BCUT2D eigenvalue weighted by molar-refractivity contribution is 0.246. The van der Waals surface area contributed by atoms with Crippen molar-refractivity contribution >= 4 is 28.9 Å². The summed E-state index contributed by atoms with van der Waals surface area (Å²) in [6.07, 6.45) is 0.768. The highest BCUT2D eigenvalue weighted by atomic mass is 35.5. The second kappa shape index (κ2) is 7.43. The van der Waals surface area contributed by atoms with Crippen LogP contribution < -0.4 is 15.2 Å². The molecule has 112 valence electrons. The Bertz CT molecular complexity index is 617. The molecule has 5 heteroatoms. The topological polar surface area (TPSA) is 44.5 Å². The fraction of sp³-hybridized carbons (Fsp3) is 0.250. The molecule has 0 fully saturated rings. The summed E-state index contributed by atoms with van der Waals surface area (Å²) in [4.78, 5) is 0. The summed E-state index contributed by atoms with van der Waals surface area (Å²) in [6, 6.07) is 10.8. The Morgan fingerprint density at radius 3 is 2.48 bits per heavy atom. The number of halogens is 2. The van der Waals surface area contributed by atoms with Gasteiger partial charge in [-0.2, -0.15) is 0 Å². The Labute approximate surface area is 134 Å². The van der Waals surface area contributed by atoms with E-state index in [1.54, 1.807) is 18.2 Å². The molecule has 0 aliphatic heterocycles. The van der Waals surface area contributed by atoms with Crippen LogP contribution in [0.3, 0.4) is 0 Å². The van der Waals surface area contributed by atoms with Crippen molar-refractivity contribution in [2.75, 3.05) is 18.9 Å². The molecular formula is C16H17Cl2NO2. The second-order valence-corrected chi connectivity index (χ2v) is 5.49. The molecule has 21 heavy (non-hydrogen) atoms. The monoisotopic (exact) mass is 325 g/mol. The molecule has 0 radical (unpaired) electrons. The number of nitrogens with two attached hydrogens (primary N) is 1. The van der Waals surface area contributed by atoms with Crippen molar-refractivity contribution in [1.82, 2.24) is 0 Å². The maximum absolute atomic E-state index is 5.90. The zero-order valence-corrected chi connectivity index (χ0v) is 13.2. The van der Waals surface area contributed by atoms with Crippen LogP contribution in [-0.2, 0) is 0 Å². The van der Waals surface area contributed by atoms with Crippen molar-refractivity contribution in [3.8, 4) is 11.5 Å². The first-order chi connectivity index (χ1) is 10.1. The molecule has 2 aromatic rings. The van der Waals surface area contributed by atoms with E-state index >= 15 is 0 Å². The highest BCUT2D eigenvalue weighted by Crippen LogP contribution is 2.24. The van der Waals surface area contributed by atoms with E-state index in [2.05, 4.69) is 0 Å². The van der Waals surface area contributed by atoms with E-state index in [1.165, 1.54) is 0 Å². The number of rotatable bonds is 6. The first-order valence-electron chi connectivity index (χ1n) is 6.63. The van der Waals surface area contributed by atoms with Crippen LogP contribution in [-0.4, -0.2) is 13.2 Å². The van der Waals surface area contributed by atoms with Crippen molar-refractivity contribution in [3.05, 3.63) is 52.0 Å². The third-order valence-electron chi connectivity index (χ3n) is 2.92. The van der Waals surface area contributed by atoms with Crippen LogP contribution in [0.5, 0.6) is 11.5 Å². The maximum atomic E-state index is 5.90. The highest BCUT2D eigenvalue weighted by molar-refractivity contribution is 6.33. The Balaban J connectivity index is 1.73. The summed E-state index contributed by atoms with van der Waals surface area (Å²) < 4.78 is 11.3. The number of hydrogen-bond acceptors (Lipinski definition) is 3. The van der Waals surface area contributed by atoms with Crippen molar-refractivity contribution in [3.63, 3.8) is 0 Å². The SMILES string of the molecule is Cc1cc(Cl)ccc1OCCCOc1ccc(Cl)c(N)c1. The molecule has 2 aromatic carbocycles. The largest absolute Gasteiger partial charge is 0.493 e. The number of aryl methyl sites for hydroxylation is 1. The molecule has 0 aliphatic rings. The first-order valence-corrected chi connectivity index (χ1v) is 7.38. The van der Waals surface area contributed by atoms with E-state index in [1.807, 2.05) is 25.1 Å². The van der Waals surface area contributed by atoms with E-state index in [4.69, 9.17) is 38.4 Å². The Morgan fingerprint density at radius 2 is 1.76 bits per heavy atom. The van der Waals surface area contributed by atoms with Crippen LogP contribution >= 0.6 is 23.2 Å². The molecule has 0 aliphatic carbocycles. The second-order valence-electron chi connectivity index (χ2n) is 4.64. The van der Waals surface area contributed by atoms with Crippen molar-refractivity contribution < 1.29 is 9.47 Å². The lowest BCUT2D eigenvalue weighted by atomic mass is 10.2. The Hall–Kier alpha value is -1.58. The molecule has 0 saturated heterocycles. The van der Waals surface area contributed by atoms with Crippen LogP contribution in [0.4, 0.5) is 5.69 Å². The quantitative estimate of drug-likeness (QED) is 0.616. The average molecular weight is 326 g/mol. The summed E-state index contributed by atoms with van der Waals surface area (Å²) in [5.74, 6) is 1.55. The summed E-state index contributed by atoms with van der Waals surface area (Å²) >= 11 is 11.7. The molecule has 0 atom stereocenters. The summed E-state index contributed by atoms with van der Waals surface area (Å²) in [5.41, 5.74) is 7.25. The third kappa shape index (κ3) is 4.73. The van der Waals surface area contributed by atoms with Crippen LogP contribution in [0.2, 0.25) is 10.0 Å². The van der Waals surface area contributed by atoms with Gasteiger partial charge in [-0.3, -0.25) is 0 Å². The van der Waals surface area contributed by atoms with Gasteiger partial charge in [0.1, 0.15) is 11.5 Å². The molecule has 0 amide bonds. The van der Waals surface area contributed by atoms with Gasteiger partial charge in [-0.1, -0.05) is 23.2 Å². The van der Waals surface area contributed by atoms with E-state index < -0.39 is 0 Å². The minimum Gasteiger partial charge on any atom is -0.493 e.